The standard InChI is InChI=1S/C13H23N3O/c1-4-7-14-11(2)6-5-8-16-10-15-12(3)9-13(16)17/h9-11,14H,4-8H2,1-3H3. The lowest BCUT2D eigenvalue weighted by Crippen LogP contribution is -2.27. The van der Waals surface area contributed by atoms with Crippen LogP contribution in [0, 0.1) is 6.92 Å². The van der Waals surface area contributed by atoms with Crippen molar-refractivity contribution in [2.45, 2.75) is 52.6 Å². The molecule has 1 aromatic heterocycles. The van der Waals surface area contributed by atoms with Gasteiger partial charge < -0.3 is 5.32 Å². The minimum Gasteiger partial charge on any atom is -0.314 e. The van der Waals surface area contributed by atoms with Crippen LogP contribution in [0.3, 0.4) is 0 Å². The molecule has 0 aliphatic heterocycles. The predicted octanol–water partition coefficient (Wildman–Crippen LogP) is 1.72. The second-order valence-corrected chi connectivity index (χ2v) is 4.56. The zero-order valence-electron chi connectivity index (χ0n) is 11.1. The Labute approximate surface area is 103 Å². The first kappa shape index (κ1) is 13.9. The van der Waals surface area contributed by atoms with Crippen LogP contribution in [-0.4, -0.2) is 22.1 Å². The second kappa shape index (κ2) is 7.22. The van der Waals surface area contributed by atoms with Gasteiger partial charge in [0.25, 0.3) is 5.56 Å². The van der Waals surface area contributed by atoms with E-state index in [-0.39, 0.29) is 5.56 Å². The van der Waals surface area contributed by atoms with Gasteiger partial charge in [-0.15, -0.1) is 0 Å². The number of hydrogen-bond acceptors (Lipinski definition) is 3. The van der Waals surface area contributed by atoms with E-state index in [9.17, 15) is 4.79 Å². The molecule has 4 nitrogen and oxygen atoms in total. The van der Waals surface area contributed by atoms with E-state index in [1.165, 1.54) is 0 Å². The Morgan fingerprint density at radius 1 is 1.53 bits per heavy atom. The van der Waals surface area contributed by atoms with Gasteiger partial charge in [0.05, 0.1) is 6.33 Å². The van der Waals surface area contributed by atoms with Crippen LogP contribution in [-0.2, 0) is 6.54 Å². The van der Waals surface area contributed by atoms with E-state index < -0.39 is 0 Å². The molecule has 0 spiro atoms. The Morgan fingerprint density at radius 2 is 2.29 bits per heavy atom. The van der Waals surface area contributed by atoms with Crippen molar-refractivity contribution >= 4 is 0 Å². The average Bonchev–Trinajstić information content (AvgIpc) is 2.29. The fourth-order valence-electron chi connectivity index (χ4n) is 1.75. The van der Waals surface area contributed by atoms with Crippen LogP contribution in [0.25, 0.3) is 0 Å². The van der Waals surface area contributed by atoms with Gasteiger partial charge in [-0.2, -0.15) is 0 Å². The molecule has 1 atom stereocenters. The molecule has 1 N–H and O–H groups in total. The van der Waals surface area contributed by atoms with Crippen molar-refractivity contribution in [1.29, 1.82) is 0 Å². The molecule has 1 unspecified atom stereocenters. The molecule has 0 amide bonds. The summed E-state index contributed by atoms with van der Waals surface area (Å²) in [7, 11) is 0. The van der Waals surface area contributed by atoms with Gasteiger partial charge in [0.15, 0.2) is 0 Å². The molecule has 0 aromatic carbocycles. The number of nitrogens with zero attached hydrogens (tertiary/aromatic N) is 2. The highest BCUT2D eigenvalue weighted by Gasteiger charge is 2.01. The first-order chi connectivity index (χ1) is 8.13. The number of aryl methyl sites for hydroxylation is 2. The fourth-order valence-corrected chi connectivity index (χ4v) is 1.75. The van der Waals surface area contributed by atoms with Crippen LogP contribution in [0.1, 0.15) is 38.8 Å². The largest absolute Gasteiger partial charge is 0.314 e. The Bertz CT molecular complexity index is 386. The lowest BCUT2D eigenvalue weighted by atomic mass is 10.2. The molecule has 0 aliphatic rings. The topological polar surface area (TPSA) is 46.9 Å². The van der Waals surface area contributed by atoms with Crippen molar-refractivity contribution < 1.29 is 0 Å². The first-order valence-corrected chi connectivity index (χ1v) is 6.40. The lowest BCUT2D eigenvalue weighted by Gasteiger charge is -2.13. The number of rotatable bonds is 7. The van der Waals surface area contributed by atoms with Gasteiger partial charge in [0.1, 0.15) is 0 Å². The summed E-state index contributed by atoms with van der Waals surface area (Å²) in [6.07, 6.45) is 4.89. The molecule has 17 heavy (non-hydrogen) atoms. The van der Waals surface area contributed by atoms with Crippen molar-refractivity contribution in [2.24, 2.45) is 0 Å². The third-order valence-electron chi connectivity index (χ3n) is 2.80. The van der Waals surface area contributed by atoms with Crippen LogP contribution in [0.2, 0.25) is 0 Å². The monoisotopic (exact) mass is 237 g/mol. The minimum absolute atomic E-state index is 0.0478. The van der Waals surface area contributed by atoms with Gasteiger partial charge >= 0.3 is 0 Å². The molecule has 4 heteroatoms. The van der Waals surface area contributed by atoms with Crippen LogP contribution in [0.15, 0.2) is 17.2 Å². The molecule has 0 fully saturated rings. The molecule has 0 bridgehead atoms. The SMILES string of the molecule is CCCNC(C)CCCn1cnc(C)cc1=O. The van der Waals surface area contributed by atoms with Gasteiger partial charge in [-0.05, 0) is 39.7 Å². The zero-order valence-corrected chi connectivity index (χ0v) is 11.1. The normalized spacial score (nSPS) is 12.6. The van der Waals surface area contributed by atoms with Gasteiger partial charge in [-0.3, -0.25) is 9.36 Å². The summed E-state index contributed by atoms with van der Waals surface area (Å²) < 4.78 is 1.68. The van der Waals surface area contributed by atoms with E-state index in [1.807, 2.05) is 6.92 Å². The van der Waals surface area contributed by atoms with Crippen LogP contribution >= 0.6 is 0 Å². The van der Waals surface area contributed by atoms with Crippen LogP contribution in [0.5, 0.6) is 0 Å². The van der Waals surface area contributed by atoms with Crippen molar-refractivity contribution in [3.8, 4) is 0 Å². The van der Waals surface area contributed by atoms with Crippen LogP contribution in [0.4, 0.5) is 0 Å². The highest BCUT2D eigenvalue weighted by atomic mass is 16.1. The third-order valence-corrected chi connectivity index (χ3v) is 2.80. The summed E-state index contributed by atoms with van der Waals surface area (Å²) in [6, 6.07) is 2.10. The van der Waals surface area contributed by atoms with Crippen LogP contribution < -0.4 is 10.9 Å². The Balaban J connectivity index is 2.33. The molecular formula is C13H23N3O. The molecule has 1 rings (SSSR count). The number of aromatic nitrogens is 2. The third kappa shape index (κ3) is 5.13. The maximum Gasteiger partial charge on any atom is 0.253 e. The quantitative estimate of drug-likeness (QED) is 0.785. The number of hydrogen-bond donors (Lipinski definition) is 1. The molecule has 0 aliphatic carbocycles. The van der Waals surface area contributed by atoms with Gasteiger partial charge in [-0.1, -0.05) is 6.92 Å². The summed E-state index contributed by atoms with van der Waals surface area (Å²) >= 11 is 0. The van der Waals surface area contributed by atoms with E-state index in [0.29, 0.717) is 6.04 Å². The maximum absolute atomic E-state index is 11.6. The maximum atomic E-state index is 11.6. The van der Waals surface area contributed by atoms with Crippen molar-refractivity contribution in [2.75, 3.05) is 6.54 Å². The van der Waals surface area contributed by atoms with E-state index in [2.05, 4.69) is 24.1 Å². The summed E-state index contributed by atoms with van der Waals surface area (Å²) in [4.78, 5) is 15.7. The molecular weight excluding hydrogens is 214 g/mol. The highest BCUT2D eigenvalue weighted by Crippen LogP contribution is 1.98. The molecule has 1 aromatic rings. The Morgan fingerprint density at radius 3 is 2.94 bits per heavy atom. The minimum atomic E-state index is 0.0478. The van der Waals surface area contributed by atoms with Crippen molar-refractivity contribution in [3.63, 3.8) is 0 Å². The van der Waals surface area contributed by atoms with Crippen molar-refractivity contribution in [3.05, 3.63) is 28.4 Å². The fraction of sp³-hybridized carbons (Fsp3) is 0.692. The summed E-state index contributed by atoms with van der Waals surface area (Å²) in [5.41, 5.74) is 0.830. The Kier molecular flexibility index (Phi) is 5.91. The summed E-state index contributed by atoms with van der Waals surface area (Å²) in [5, 5.41) is 3.44. The predicted molar refractivity (Wildman–Crippen MR) is 70.2 cm³/mol. The molecule has 1 heterocycles. The van der Waals surface area contributed by atoms with E-state index in [1.54, 1.807) is 17.0 Å². The Hall–Kier alpha value is -1.16. The van der Waals surface area contributed by atoms with Crippen molar-refractivity contribution in [1.82, 2.24) is 14.9 Å². The summed E-state index contributed by atoms with van der Waals surface area (Å²) in [6.45, 7) is 8.00. The zero-order chi connectivity index (χ0) is 12.7. The smallest absolute Gasteiger partial charge is 0.253 e. The molecule has 0 saturated heterocycles. The average molecular weight is 237 g/mol. The molecule has 0 saturated carbocycles. The van der Waals surface area contributed by atoms with E-state index >= 15 is 0 Å². The van der Waals surface area contributed by atoms with E-state index in [0.717, 1.165) is 38.0 Å². The second-order valence-electron chi connectivity index (χ2n) is 4.56. The van der Waals surface area contributed by atoms with E-state index in [4.69, 9.17) is 0 Å². The highest BCUT2D eigenvalue weighted by molar-refractivity contribution is 4.95. The number of nitrogens with one attached hydrogen (secondary N) is 1. The van der Waals surface area contributed by atoms with Gasteiger partial charge in [-0.25, -0.2) is 4.98 Å². The first-order valence-electron chi connectivity index (χ1n) is 6.40. The summed E-state index contributed by atoms with van der Waals surface area (Å²) in [5.74, 6) is 0. The molecule has 96 valence electrons. The van der Waals surface area contributed by atoms with Gasteiger partial charge in [0, 0.05) is 24.3 Å². The van der Waals surface area contributed by atoms with Gasteiger partial charge in [0.2, 0.25) is 0 Å². The lowest BCUT2D eigenvalue weighted by molar-refractivity contribution is 0.471. The molecule has 0 radical (unpaired) electrons.